The number of ether oxygens (including phenoxy) is 1. The number of carbonyl (C=O) groups excluding carboxylic acids is 1. The first-order valence-electron chi connectivity index (χ1n) is 10.6. The van der Waals surface area contributed by atoms with Gasteiger partial charge in [0.1, 0.15) is 0 Å². The molecule has 0 aliphatic carbocycles. The van der Waals surface area contributed by atoms with Crippen LogP contribution >= 0.6 is 35.3 Å². The maximum Gasteiger partial charge on any atom is 0.310 e. The van der Waals surface area contributed by atoms with Gasteiger partial charge in [-0.15, -0.1) is 35.3 Å². The van der Waals surface area contributed by atoms with Crippen LogP contribution in [-0.2, 0) is 16.0 Å². The Labute approximate surface area is 195 Å². The number of nitrogens with one attached hydrogen (secondary N) is 1. The Bertz CT molecular complexity index is 663. The Hall–Kier alpha value is -1.10. The van der Waals surface area contributed by atoms with Crippen molar-refractivity contribution in [2.24, 2.45) is 10.9 Å². The Morgan fingerprint density at radius 1 is 1.31 bits per heavy atom. The third-order valence-corrected chi connectivity index (χ3v) is 6.17. The molecule has 1 aromatic rings. The van der Waals surface area contributed by atoms with Crippen molar-refractivity contribution in [1.82, 2.24) is 15.2 Å². The van der Waals surface area contributed by atoms with Crippen LogP contribution in [-0.4, -0.2) is 67.7 Å². The van der Waals surface area contributed by atoms with E-state index in [1.165, 1.54) is 12.8 Å². The number of carbonyl (C=O) groups is 1. The van der Waals surface area contributed by atoms with E-state index < -0.39 is 0 Å². The lowest BCUT2D eigenvalue weighted by Gasteiger charge is -2.34. The number of esters is 1. The molecule has 0 radical (unpaired) electrons. The highest BCUT2D eigenvalue weighted by molar-refractivity contribution is 14.0. The minimum atomic E-state index is -0.0834. The second-order valence-corrected chi connectivity index (χ2v) is 8.17. The SMILES string of the molecule is CCNC(=NCCc1csc(N2CCCC2)n1)N1CCCC(C(=O)OCC)C1.I. The van der Waals surface area contributed by atoms with Gasteiger partial charge in [0.05, 0.1) is 18.2 Å². The molecule has 0 amide bonds. The molecule has 0 aromatic carbocycles. The lowest BCUT2D eigenvalue weighted by molar-refractivity contribution is -0.149. The lowest BCUT2D eigenvalue weighted by Crippen LogP contribution is -2.48. The maximum atomic E-state index is 12.1. The number of halogens is 1. The molecule has 0 bridgehead atoms. The van der Waals surface area contributed by atoms with Crippen LogP contribution in [0, 0.1) is 5.92 Å². The second-order valence-electron chi connectivity index (χ2n) is 7.34. The average Bonchev–Trinajstić information content (AvgIpc) is 3.39. The van der Waals surface area contributed by atoms with E-state index in [0.29, 0.717) is 19.7 Å². The van der Waals surface area contributed by atoms with E-state index in [-0.39, 0.29) is 35.9 Å². The van der Waals surface area contributed by atoms with Crippen LogP contribution in [0.2, 0.25) is 0 Å². The van der Waals surface area contributed by atoms with Crippen LogP contribution in [0.3, 0.4) is 0 Å². The van der Waals surface area contributed by atoms with Crippen molar-refractivity contribution in [2.45, 2.75) is 46.0 Å². The molecule has 7 nitrogen and oxygen atoms in total. The molecule has 164 valence electrons. The molecule has 1 unspecified atom stereocenters. The highest BCUT2D eigenvalue weighted by Gasteiger charge is 2.28. The predicted molar refractivity (Wildman–Crippen MR) is 130 cm³/mol. The van der Waals surface area contributed by atoms with Crippen molar-refractivity contribution in [1.29, 1.82) is 0 Å². The largest absolute Gasteiger partial charge is 0.466 e. The number of hydrogen-bond donors (Lipinski definition) is 1. The molecule has 2 saturated heterocycles. The smallest absolute Gasteiger partial charge is 0.310 e. The van der Waals surface area contributed by atoms with Gasteiger partial charge in [-0.1, -0.05) is 0 Å². The molecule has 3 rings (SSSR count). The summed E-state index contributed by atoms with van der Waals surface area (Å²) in [5, 5.41) is 6.69. The molecule has 1 N–H and O–H groups in total. The third-order valence-electron chi connectivity index (χ3n) is 5.22. The number of piperidine rings is 1. The highest BCUT2D eigenvalue weighted by Crippen LogP contribution is 2.24. The Kier molecular flexibility index (Phi) is 10.5. The molecular weight excluding hydrogens is 501 g/mol. The van der Waals surface area contributed by atoms with Crippen LogP contribution < -0.4 is 10.2 Å². The summed E-state index contributed by atoms with van der Waals surface area (Å²) in [4.78, 5) is 26.3. The molecule has 1 atom stereocenters. The first-order valence-corrected chi connectivity index (χ1v) is 11.5. The number of aliphatic imine (C=N–C) groups is 1. The minimum absolute atomic E-state index is 0. The molecule has 0 spiro atoms. The van der Waals surface area contributed by atoms with E-state index in [4.69, 9.17) is 14.7 Å². The fraction of sp³-hybridized carbons (Fsp3) is 0.750. The van der Waals surface area contributed by atoms with Gasteiger partial charge >= 0.3 is 5.97 Å². The zero-order valence-corrected chi connectivity index (χ0v) is 20.7. The van der Waals surface area contributed by atoms with Crippen molar-refractivity contribution in [3.8, 4) is 0 Å². The molecule has 1 aromatic heterocycles. The molecule has 2 aliphatic rings. The monoisotopic (exact) mass is 535 g/mol. The molecule has 0 saturated carbocycles. The van der Waals surface area contributed by atoms with Gasteiger partial charge in [0.25, 0.3) is 0 Å². The van der Waals surface area contributed by atoms with Gasteiger partial charge in [-0.05, 0) is 39.5 Å². The van der Waals surface area contributed by atoms with E-state index in [1.54, 1.807) is 11.3 Å². The standard InChI is InChI=1S/C20H33N5O2S.HI/c1-3-21-19(25-13-7-8-16(14-25)18(26)27-4-2)22-10-9-17-15-28-20(23-17)24-11-5-6-12-24;/h15-16H,3-14H2,1-2H3,(H,21,22);1H. The summed E-state index contributed by atoms with van der Waals surface area (Å²) in [5.74, 6) is 0.755. The van der Waals surface area contributed by atoms with Gasteiger partial charge in [-0.25, -0.2) is 4.98 Å². The van der Waals surface area contributed by atoms with Crippen LogP contribution in [0.5, 0.6) is 0 Å². The maximum absolute atomic E-state index is 12.1. The summed E-state index contributed by atoms with van der Waals surface area (Å²) in [6, 6.07) is 0. The molecule has 3 heterocycles. The van der Waals surface area contributed by atoms with Crippen molar-refractivity contribution >= 4 is 52.4 Å². The highest BCUT2D eigenvalue weighted by atomic mass is 127. The summed E-state index contributed by atoms with van der Waals surface area (Å²) in [6.07, 6.45) is 5.27. The first-order chi connectivity index (χ1) is 13.7. The number of hydrogen-bond acceptors (Lipinski definition) is 6. The number of rotatable bonds is 7. The summed E-state index contributed by atoms with van der Waals surface area (Å²) in [5.41, 5.74) is 1.12. The normalized spacial score (nSPS) is 19.8. The molecule has 2 fully saturated rings. The number of anilines is 1. The van der Waals surface area contributed by atoms with E-state index in [1.807, 2.05) is 6.92 Å². The number of nitrogens with zero attached hydrogens (tertiary/aromatic N) is 4. The van der Waals surface area contributed by atoms with E-state index in [0.717, 1.165) is 62.2 Å². The van der Waals surface area contributed by atoms with Crippen LogP contribution in [0.1, 0.15) is 45.2 Å². The predicted octanol–water partition coefficient (Wildman–Crippen LogP) is 3.14. The Balaban J connectivity index is 0.00000300. The van der Waals surface area contributed by atoms with Gasteiger partial charge in [0, 0.05) is 51.1 Å². The summed E-state index contributed by atoms with van der Waals surface area (Å²) >= 11 is 1.74. The quantitative estimate of drug-likeness (QED) is 0.251. The van der Waals surface area contributed by atoms with E-state index in [9.17, 15) is 4.79 Å². The van der Waals surface area contributed by atoms with Crippen molar-refractivity contribution in [3.05, 3.63) is 11.1 Å². The van der Waals surface area contributed by atoms with Crippen LogP contribution in [0.25, 0.3) is 0 Å². The van der Waals surface area contributed by atoms with Gasteiger partial charge < -0.3 is 19.9 Å². The zero-order chi connectivity index (χ0) is 19.8. The van der Waals surface area contributed by atoms with Crippen molar-refractivity contribution in [3.63, 3.8) is 0 Å². The molecule has 9 heteroatoms. The second kappa shape index (κ2) is 12.6. The van der Waals surface area contributed by atoms with E-state index in [2.05, 4.69) is 27.4 Å². The Morgan fingerprint density at radius 2 is 2.10 bits per heavy atom. The fourth-order valence-electron chi connectivity index (χ4n) is 3.79. The Morgan fingerprint density at radius 3 is 2.83 bits per heavy atom. The number of thiazole rings is 1. The van der Waals surface area contributed by atoms with Gasteiger partial charge in [-0.3, -0.25) is 9.79 Å². The average molecular weight is 535 g/mol. The van der Waals surface area contributed by atoms with Gasteiger partial charge in [-0.2, -0.15) is 0 Å². The van der Waals surface area contributed by atoms with Crippen molar-refractivity contribution in [2.75, 3.05) is 50.8 Å². The number of aromatic nitrogens is 1. The molecule has 29 heavy (non-hydrogen) atoms. The van der Waals surface area contributed by atoms with Crippen LogP contribution in [0.4, 0.5) is 5.13 Å². The van der Waals surface area contributed by atoms with Crippen LogP contribution in [0.15, 0.2) is 10.4 Å². The summed E-state index contributed by atoms with van der Waals surface area (Å²) < 4.78 is 5.22. The lowest BCUT2D eigenvalue weighted by atomic mass is 9.98. The number of guanidine groups is 1. The summed E-state index contributed by atoms with van der Waals surface area (Å²) in [6.45, 7) is 9.76. The number of likely N-dealkylation sites (tertiary alicyclic amines) is 1. The molecule has 2 aliphatic heterocycles. The van der Waals surface area contributed by atoms with E-state index >= 15 is 0 Å². The van der Waals surface area contributed by atoms with Gasteiger partial charge in [0.2, 0.25) is 0 Å². The van der Waals surface area contributed by atoms with Gasteiger partial charge in [0.15, 0.2) is 11.1 Å². The zero-order valence-electron chi connectivity index (χ0n) is 17.6. The summed E-state index contributed by atoms with van der Waals surface area (Å²) in [7, 11) is 0. The fourth-order valence-corrected chi connectivity index (χ4v) is 4.70. The van der Waals surface area contributed by atoms with Crippen molar-refractivity contribution < 1.29 is 9.53 Å². The minimum Gasteiger partial charge on any atom is -0.466 e. The first kappa shape index (κ1) is 24.2. The molecular formula is C20H34IN5O2S. The third kappa shape index (κ3) is 6.97. The topological polar surface area (TPSA) is 70.1 Å².